The summed E-state index contributed by atoms with van der Waals surface area (Å²) in [5, 5.41) is 0. The molecule has 1 aromatic rings. The van der Waals surface area contributed by atoms with Crippen molar-refractivity contribution in [2.75, 3.05) is 18.0 Å². The van der Waals surface area contributed by atoms with Gasteiger partial charge in [-0.25, -0.2) is 4.98 Å². The Morgan fingerprint density at radius 2 is 1.83 bits per heavy atom. The zero-order valence-electron chi connectivity index (χ0n) is 11.7. The summed E-state index contributed by atoms with van der Waals surface area (Å²) >= 11 is 6.01. The number of pyridine rings is 1. The zero-order chi connectivity index (χ0) is 13.2. The molecule has 0 aliphatic carbocycles. The van der Waals surface area contributed by atoms with E-state index in [2.05, 4.69) is 37.8 Å². The number of nitrogens with zero attached hydrogens (tertiary/aromatic N) is 2. The summed E-state index contributed by atoms with van der Waals surface area (Å²) in [7, 11) is 0. The lowest BCUT2D eigenvalue weighted by Gasteiger charge is -2.29. The molecule has 18 heavy (non-hydrogen) atoms. The van der Waals surface area contributed by atoms with E-state index in [-0.39, 0.29) is 5.41 Å². The Balaban J connectivity index is 2.34. The number of hydrogen-bond donors (Lipinski definition) is 0. The Bertz CT molecular complexity index is 403. The molecule has 0 radical (unpaired) electrons. The quantitative estimate of drug-likeness (QED) is 0.749. The van der Waals surface area contributed by atoms with Crippen molar-refractivity contribution in [3.8, 4) is 0 Å². The van der Waals surface area contributed by atoms with Gasteiger partial charge in [0.25, 0.3) is 0 Å². The van der Waals surface area contributed by atoms with Gasteiger partial charge in [-0.1, -0.05) is 20.8 Å². The highest BCUT2D eigenvalue weighted by atomic mass is 35.5. The van der Waals surface area contributed by atoms with E-state index in [4.69, 9.17) is 16.6 Å². The molecule has 0 saturated carbocycles. The predicted molar refractivity (Wildman–Crippen MR) is 78.6 cm³/mol. The van der Waals surface area contributed by atoms with E-state index < -0.39 is 0 Å². The molecular weight excluding hydrogens is 244 g/mol. The topological polar surface area (TPSA) is 16.1 Å². The molecule has 1 aromatic heterocycles. The number of piperidine rings is 1. The van der Waals surface area contributed by atoms with Crippen molar-refractivity contribution in [3.63, 3.8) is 0 Å². The summed E-state index contributed by atoms with van der Waals surface area (Å²) in [6, 6.07) is 4.29. The van der Waals surface area contributed by atoms with Crippen LogP contribution in [0.3, 0.4) is 0 Å². The highest BCUT2D eigenvalue weighted by Gasteiger charge is 2.19. The first-order chi connectivity index (χ1) is 8.50. The minimum atomic E-state index is 0.0760. The Morgan fingerprint density at radius 3 is 2.39 bits per heavy atom. The van der Waals surface area contributed by atoms with Crippen LogP contribution in [0.5, 0.6) is 0 Å². The van der Waals surface area contributed by atoms with Gasteiger partial charge in [0.15, 0.2) is 0 Å². The van der Waals surface area contributed by atoms with Crippen LogP contribution in [-0.2, 0) is 11.3 Å². The lowest BCUT2D eigenvalue weighted by atomic mass is 9.91. The Morgan fingerprint density at radius 1 is 1.17 bits per heavy atom. The molecule has 0 amide bonds. The summed E-state index contributed by atoms with van der Waals surface area (Å²) in [5.41, 5.74) is 2.39. The van der Waals surface area contributed by atoms with E-state index in [1.807, 2.05) is 0 Å². The van der Waals surface area contributed by atoms with Gasteiger partial charge < -0.3 is 4.90 Å². The van der Waals surface area contributed by atoms with Crippen LogP contribution < -0.4 is 4.90 Å². The van der Waals surface area contributed by atoms with E-state index in [1.165, 1.54) is 24.8 Å². The molecule has 0 unspecified atom stereocenters. The maximum Gasteiger partial charge on any atom is 0.129 e. The van der Waals surface area contributed by atoms with Gasteiger partial charge in [-0.15, -0.1) is 11.6 Å². The smallest absolute Gasteiger partial charge is 0.129 e. The van der Waals surface area contributed by atoms with Gasteiger partial charge in [0, 0.05) is 30.1 Å². The summed E-state index contributed by atoms with van der Waals surface area (Å²) in [5.74, 6) is 1.67. The standard InChI is InChI=1S/C15H23ClN2/c1-15(2,3)13-9-12(11-16)10-14(17-13)18-7-5-4-6-8-18/h9-10H,4-8,11H2,1-3H3. The Kier molecular flexibility index (Phi) is 4.16. The molecule has 0 N–H and O–H groups in total. The SMILES string of the molecule is CC(C)(C)c1cc(CCl)cc(N2CCCCC2)n1. The second kappa shape index (κ2) is 5.48. The van der Waals surface area contributed by atoms with Crippen LogP contribution in [0.15, 0.2) is 12.1 Å². The van der Waals surface area contributed by atoms with Crippen LogP contribution in [0.2, 0.25) is 0 Å². The van der Waals surface area contributed by atoms with Gasteiger partial charge in [-0.3, -0.25) is 0 Å². The van der Waals surface area contributed by atoms with E-state index in [1.54, 1.807) is 0 Å². The van der Waals surface area contributed by atoms with E-state index in [0.717, 1.165) is 24.6 Å². The van der Waals surface area contributed by atoms with Crippen LogP contribution in [0.1, 0.15) is 51.3 Å². The Labute approximate surface area is 115 Å². The van der Waals surface area contributed by atoms with E-state index in [9.17, 15) is 0 Å². The molecule has 2 nitrogen and oxygen atoms in total. The monoisotopic (exact) mass is 266 g/mol. The maximum absolute atomic E-state index is 6.01. The molecule has 2 heterocycles. The molecule has 1 aliphatic heterocycles. The number of aromatic nitrogens is 1. The second-order valence-corrected chi connectivity index (χ2v) is 6.42. The fraction of sp³-hybridized carbons (Fsp3) is 0.667. The third-order valence-electron chi connectivity index (χ3n) is 3.47. The summed E-state index contributed by atoms with van der Waals surface area (Å²) in [6.07, 6.45) is 3.90. The highest BCUT2D eigenvalue weighted by molar-refractivity contribution is 6.17. The third kappa shape index (κ3) is 3.17. The lowest BCUT2D eigenvalue weighted by Crippen LogP contribution is -2.31. The van der Waals surface area contributed by atoms with Gasteiger partial charge in [0.05, 0.1) is 0 Å². The largest absolute Gasteiger partial charge is 0.357 e. The van der Waals surface area contributed by atoms with Crippen LogP contribution in [0.4, 0.5) is 5.82 Å². The number of hydrogen-bond acceptors (Lipinski definition) is 2. The minimum absolute atomic E-state index is 0.0760. The summed E-state index contributed by atoms with van der Waals surface area (Å²) in [4.78, 5) is 7.24. The molecule has 1 aliphatic rings. The first-order valence-electron chi connectivity index (χ1n) is 6.83. The van der Waals surface area contributed by atoms with Crippen molar-refractivity contribution in [1.82, 2.24) is 4.98 Å². The van der Waals surface area contributed by atoms with Crippen LogP contribution in [-0.4, -0.2) is 18.1 Å². The number of anilines is 1. The average Bonchev–Trinajstić information content (AvgIpc) is 2.38. The first-order valence-corrected chi connectivity index (χ1v) is 7.36. The van der Waals surface area contributed by atoms with Crippen molar-refractivity contribution in [3.05, 3.63) is 23.4 Å². The van der Waals surface area contributed by atoms with Crippen LogP contribution in [0.25, 0.3) is 0 Å². The summed E-state index contributed by atoms with van der Waals surface area (Å²) in [6.45, 7) is 8.86. The van der Waals surface area contributed by atoms with Gasteiger partial charge in [-0.05, 0) is 37.0 Å². The lowest BCUT2D eigenvalue weighted by molar-refractivity contribution is 0.552. The van der Waals surface area contributed by atoms with Crippen molar-refractivity contribution >= 4 is 17.4 Å². The molecule has 100 valence electrons. The van der Waals surface area contributed by atoms with Gasteiger partial charge in [-0.2, -0.15) is 0 Å². The molecule has 2 rings (SSSR count). The highest BCUT2D eigenvalue weighted by Crippen LogP contribution is 2.26. The van der Waals surface area contributed by atoms with Crippen molar-refractivity contribution < 1.29 is 0 Å². The molecular formula is C15H23ClN2. The molecule has 1 fully saturated rings. The third-order valence-corrected chi connectivity index (χ3v) is 3.78. The molecule has 1 saturated heterocycles. The fourth-order valence-corrected chi connectivity index (χ4v) is 2.47. The van der Waals surface area contributed by atoms with Crippen LogP contribution in [0, 0.1) is 0 Å². The maximum atomic E-state index is 6.01. The van der Waals surface area contributed by atoms with E-state index in [0.29, 0.717) is 5.88 Å². The van der Waals surface area contributed by atoms with E-state index >= 15 is 0 Å². The van der Waals surface area contributed by atoms with Crippen molar-refractivity contribution in [1.29, 1.82) is 0 Å². The molecule has 3 heteroatoms. The van der Waals surface area contributed by atoms with Gasteiger partial charge in [0.1, 0.15) is 5.82 Å². The fourth-order valence-electron chi connectivity index (χ4n) is 2.32. The zero-order valence-corrected chi connectivity index (χ0v) is 12.4. The average molecular weight is 267 g/mol. The molecule has 0 bridgehead atoms. The Hall–Kier alpha value is -0.760. The van der Waals surface area contributed by atoms with Gasteiger partial charge in [0.2, 0.25) is 0 Å². The second-order valence-electron chi connectivity index (χ2n) is 6.15. The van der Waals surface area contributed by atoms with Crippen molar-refractivity contribution in [2.24, 2.45) is 0 Å². The first kappa shape index (κ1) is 13.7. The minimum Gasteiger partial charge on any atom is -0.357 e. The number of halogens is 1. The normalized spacial score (nSPS) is 17.0. The molecule has 0 atom stereocenters. The van der Waals surface area contributed by atoms with Crippen molar-refractivity contribution in [2.45, 2.75) is 51.3 Å². The number of alkyl halides is 1. The van der Waals surface area contributed by atoms with Gasteiger partial charge >= 0.3 is 0 Å². The van der Waals surface area contributed by atoms with Crippen LogP contribution >= 0.6 is 11.6 Å². The summed E-state index contributed by atoms with van der Waals surface area (Å²) < 4.78 is 0. The molecule has 0 spiro atoms. The number of rotatable bonds is 2. The molecule has 0 aromatic carbocycles. The predicted octanol–water partition coefficient (Wildman–Crippen LogP) is 4.11.